The van der Waals surface area contributed by atoms with Gasteiger partial charge in [0.05, 0.1) is 0 Å². The lowest BCUT2D eigenvalue weighted by atomic mass is 10.0. The Labute approximate surface area is 122 Å². The summed E-state index contributed by atoms with van der Waals surface area (Å²) in [5.74, 6) is 1.98. The lowest BCUT2D eigenvalue weighted by Crippen LogP contribution is -2.51. The van der Waals surface area contributed by atoms with Gasteiger partial charge in [-0.05, 0) is 24.5 Å². The molecular weight excluding hydrogens is 252 g/mol. The largest absolute Gasteiger partial charge is 0.311 e. The highest BCUT2D eigenvalue weighted by atomic mass is 32.2. The fourth-order valence-electron chi connectivity index (χ4n) is 2.63. The second-order valence-corrected chi connectivity index (χ2v) is 6.91. The molecule has 3 heteroatoms. The molecule has 1 unspecified atom stereocenters. The van der Waals surface area contributed by atoms with Crippen LogP contribution in [-0.4, -0.2) is 42.9 Å². The number of piperazine rings is 1. The first-order valence-electron chi connectivity index (χ1n) is 7.37. The number of rotatable bonds is 6. The smallest absolute Gasteiger partial charge is 0.0198 e. The summed E-state index contributed by atoms with van der Waals surface area (Å²) in [5, 5.41) is 3.64. The van der Waals surface area contributed by atoms with Gasteiger partial charge in [0.15, 0.2) is 0 Å². The van der Waals surface area contributed by atoms with Crippen molar-refractivity contribution in [1.29, 1.82) is 0 Å². The molecule has 0 radical (unpaired) electrons. The Balaban J connectivity index is 1.68. The van der Waals surface area contributed by atoms with Gasteiger partial charge in [-0.1, -0.05) is 32.0 Å². The van der Waals surface area contributed by atoms with Crippen LogP contribution in [0.25, 0.3) is 0 Å². The fourth-order valence-corrected chi connectivity index (χ4v) is 3.57. The van der Waals surface area contributed by atoms with E-state index in [1.807, 2.05) is 11.8 Å². The van der Waals surface area contributed by atoms with Crippen molar-refractivity contribution in [3.05, 3.63) is 30.3 Å². The molecule has 2 nitrogen and oxygen atoms in total. The molecule has 0 aromatic heterocycles. The topological polar surface area (TPSA) is 15.3 Å². The van der Waals surface area contributed by atoms with Crippen LogP contribution in [0.3, 0.4) is 0 Å². The van der Waals surface area contributed by atoms with Gasteiger partial charge in [-0.2, -0.15) is 0 Å². The van der Waals surface area contributed by atoms with E-state index in [2.05, 4.69) is 54.4 Å². The molecule has 1 atom stereocenters. The summed E-state index contributed by atoms with van der Waals surface area (Å²) in [6.07, 6.45) is 1.29. The van der Waals surface area contributed by atoms with E-state index in [0.29, 0.717) is 6.04 Å². The van der Waals surface area contributed by atoms with Gasteiger partial charge in [0.2, 0.25) is 0 Å². The summed E-state index contributed by atoms with van der Waals surface area (Å²) in [5.41, 5.74) is 0. The Bertz CT molecular complexity index is 353. The lowest BCUT2D eigenvalue weighted by Gasteiger charge is -2.34. The SMILES string of the molecule is CC(C)CC1CN(CCSc2ccccc2)CCN1. The van der Waals surface area contributed by atoms with E-state index in [-0.39, 0.29) is 0 Å². The third kappa shape index (κ3) is 5.55. The quantitative estimate of drug-likeness (QED) is 0.805. The number of benzene rings is 1. The Morgan fingerprint density at radius 3 is 2.84 bits per heavy atom. The van der Waals surface area contributed by atoms with Gasteiger partial charge in [0.1, 0.15) is 0 Å². The lowest BCUT2D eigenvalue weighted by molar-refractivity contribution is 0.196. The number of nitrogens with zero attached hydrogens (tertiary/aromatic N) is 1. The second-order valence-electron chi connectivity index (χ2n) is 5.74. The fraction of sp³-hybridized carbons (Fsp3) is 0.625. The zero-order valence-electron chi connectivity index (χ0n) is 12.1. The molecule has 1 aromatic rings. The van der Waals surface area contributed by atoms with Crippen molar-refractivity contribution >= 4 is 11.8 Å². The molecule has 0 aliphatic carbocycles. The van der Waals surface area contributed by atoms with E-state index in [0.717, 1.165) is 12.5 Å². The van der Waals surface area contributed by atoms with Crippen LogP contribution in [0.5, 0.6) is 0 Å². The summed E-state index contributed by atoms with van der Waals surface area (Å²) in [4.78, 5) is 4.00. The average molecular weight is 278 g/mol. The first-order valence-corrected chi connectivity index (χ1v) is 8.36. The van der Waals surface area contributed by atoms with Gasteiger partial charge < -0.3 is 5.32 Å². The van der Waals surface area contributed by atoms with E-state index >= 15 is 0 Å². The molecule has 0 bridgehead atoms. The van der Waals surface area contributed by atoms with E-state index in [4.69, 9.17) is 0 Å². The molecule has 1 fully saturated rings. The predicted octanol–water partition coefficient (Wildman–Crippen LogP) is 3.10. The summed E-state index contributed by atoms with van der Waals surface area (Å²) in [6, 6.07) is 11.4. The maximum atomic E-state index is 3.64. The monoisotopic (exact) mass is 278 g/mol. The van der Waals surface area contributed by atoms with Crippen molar-refractivity contribution in [2.24, 2.45) is 5.92 Å². The molecule has 19 heavy (non-hydrogen) atoms. The van der Waals surface area contributed by atoms with Gasteiger partial charge in [0.25, 0.3) is 0 Å². The first kappa shape index (κ1) is 14.9. The zero-order valence-corrected chi connectivity index (χ0v) is 13.0. The van der Waals surface area contributed by atoms with Crippen molar-refractivity contribution in [3.8, 4) is 0 Å². The molecule has 1 aliphatic rings. The second kappa shape index (κ2) is 7.93. The van der Waals surface area contributed by atoms with E-state index < -0.39 is 0 Å². The molecular formula is C16H26N2S. The Kier molecular flexibility index (Phi) is 6.21. The standard InChI is InChI=1S/C16H26N2S/c1-14(2)12-15-13-18(9-8-17-15)10-11-19-16-6-4-3-5-7-16/h3-7,14-15,17H,8-13H2,1-2H3. The van der Waals surface area contributed by atoms with Crippen LogP contribution >= 0.6 is 11.8 Å². The summed E-state index contributed by atoms with van der Waals surface area (Å²) in [6.45, 7) is 9.39. The third-order valence-corrected chi connectivity index (χ3v) is 4.51. The minimum atomic E-state index is 0.690. The van der Waals surface area contributed by atoms with Crippen LogP contribution in [-0.2, 0) is 0 Å². The minimum absolute atomic E-state index is 0.690. The molecule has 1 N–H and O–H groups in total. The van der Waals surface area contributed by atoms with E-state index in [9.17, 15) is 0 Å². The maximum Gasteiger partial charge on any atom is 0.0198 e. The number of hydrogen-bond donors (Lipinski definition) is 1. The van der Waals surface area contributed by atoms with E-state index in [1.54, 1.807) is 0 Å². The Hall–Kier alpha value is -0.510. The highest BCUT2D eigenvalue weighted by molar-refractivity contribution is 7.99. The van der Waals surface area contributed by atoms with Crippen molar-refractivity contribution in [3.63, 3.8) is 0 Å². The maximum absolute atomic E-state index is 3.64. The van der Waals surface area contributed by atoms with Gasteiger partial charge in [0, 0.05) is 42.9 Å². The molecule has 0 spiro atoms. The summed E-state index contributed by atoms with van der Waals surface area (Å²) in [7, 11) is 0. The molecule has 1 aromatic carbocycles. The number of nitrogens with one attached hydrogen (secondary N) is 1. The normalized spacial score (nSPS) is 20.9. The van der Waals surface area contributed by atoms with Crippen molar-refractivity contribution in [2.75, 3.05) is 31.9 Å². The van der Waals surface area contributed by atoms with Crippen LogP contribution in [0.2, 0.25) is 0 Å². The predicted molar refractivity (Wildman–Crippen MR) is 84.9 cm³/mol. The van der Waals surface area contributed by atoms with Gasteiger partial charge in [-0.3, -0.25) is 4.90 Å². The van der Waals surface area contributed by atoms with Crippen LogP contribution in [0.4, 0.5) is 0 Å². The van der Waals surface area contributed by atoms with Crippen molar-refractivity contribution in [1.82, 2.24) is 10.2 Å². The molecule has 106 valence electrons. The van der Waals surface area contributed by atoms with Crippen LogP contribution in [0.15, 0.2) is 35.2 Å². The molecule has 1 heterocycles. The van der Waals surface area contributed by atoms with Gasteiger partial charge in [-0.25, -0.2) is 0 Å². The highest BCUT2D eigenvalue weighted by Gasteiger charge is 2.19. The molecule has 1 saturated heterocycles. The number of thioether (sulfide) groups is 1. The Morgan fingerprint density at radius 1 is 1.32 bits per heavy atom. The van der Waals surface area contributed by atoms with Crippen LogP contribution < -0.4 is 5.32 Å². The van der Waals surface area contributed by atoms with Gasteiger partial charge in [-0.15, -0.1) is 11.8 Å². The van der Waals surface area contributed by atoms with Crippen LogP contribution in [0, 0.1) is 5.92 Å². The van der Waals surface area contributed by atoms with Crippen molar-refractivity contribution in [2.45, 2.75) is 31.2 Å². The first-order chi connectivity index (χ1) is 9.24. The van der Waals surface area contributed by atoms with Crippen molar-refractivity contribution < 1.29 is 0 Å². The number of hydrogen-bond acceptors (Lipinski definition) is 3. The highest BCUT2D eigenvalue weighted by Crippen LogP contribution is 2.17. The van der Waals surface area contributed by atoms with Gasteiger partial charge >= 0.3 is 0 Å². The molecule has 0 amide bonds. The average Bonchev–Trinajstić information content (AvgIpc) is 2.40. The Morgan fingerprint density at radius 2 is 2.11 bits per heavy atom. The molecule has 0 saturated carbocycles. The zero-order chi connectivity index (χ0) is 13.5. The molecule has 1 aliphatic heterocycles. The van der Waals surface area contributed by atoms with E-state index in [1.165, 1.54) is 36.7 Å². The summed E-state index contributed by atoms with van der Waals surface area (Å²) < 4.78 is 0. The third-order valence-electron chi connectivity index (χ3n) is 3.52. The molecule has 2 rings (SSSR count). The van der Waals surface area contributed by atoms with Crippen LogP contribution in [0.1, 0.15) is 20.3 Å². The minimum Gasteiger partial charge on any atom is -0.311 e. The summed E-state index contributed by atoms with van der Waals surface area (Å²) >= 11 is 1.97.